The molecule has 3 heteroatoms. The molecule has 0 fully saturated rings. The number of allylic oxidation sites excluding steroid dienone is 4. The van der Waals surface area contributed by atoms with Gasteiger partial charge in [-0.2, -0.15) is 11.1 Å². The van der Waals surface area contributed by atoms with Gasteiger partial charge in [0.05, 0.1) is 0 Å². The Morgan fingerprint density at radius 3 is 1.43 bits per heavy atom. The molecule has 0 nitrogen and oxygen atoms in total. The summed E-state index contributed by atoms with van der Waals surface area (Å²) >= 11 is 0. The van der Waals surface area contributed by atoms with Gasteiger partial charge >= 0.3 is 25.8 Å². The van der Waals surface area contributed by atoms with Crippen molar-refractivity contribution in [1.29, 1.82) is 0 Å². The van der Waals surface area contributed by atoms with E-state index < -0.39 is 0 Å². The van der Waals surface area contributed by atoms with Crippen molar-refractivity contribution in [3.05, 3.63) is 30.2 Å². The summed E-state index contributed by atoms with van der Waals surface area (Å²) in [7, 11) is 0. The fourth-order valence-corrected chi connectivity index (χ4v) is 1.41. The molecule has 0 heterocycles. The van der Waals surface area contributed by atoms with E-state index in [1.165, 1.54) is 16.7 Å². The first-order valence-electron chi connectivity index (χ1n) is 3.75. The topological polar surface area (TPSA) is 0 Å². The molecule has 0 unspecified atom stereocenters. The van der Waals surface area contributed by atoms with Gasteiger partial charge in [0, 0.05) is 0 Å². The van der Waals surface area contributed by atoms with Crippen LogP contribution in [-0.2, 0) is 25.8 Å². The van der Waals surface area contributed by atoms with Crippen molar-refractivity contribution in [2.45, 2.75) is 34.6 Å². The molecule has 1 rings (SSSR count). The average molecular weight is 400 g/mol. The Kier molecular flexibility index (Phi) is 14.1. The minimum Gasteiger partial charge on any atom is -1.00 e. The molecule has 0 bridgehead atoms. The smallest absolute Gasteiger partial charge is 1.00 e. The Morgan fingerprint density at radius 2 is 1.36 bits per heavy atom. The Morgan fingerprint density at radius 1 is 1.00 bits per heavy atom. The summed E-state index contributed by atoms with van der Waals surface area (Å²) in [4.78, 5) is 0. The largest absolute Gasteiger partial charge is 4.00 e. The third kappa shape index (κ3) is 4.63. The monoisotopic (exact) mass is 400 g/mol. The van der Waals surface area contributed by atoms with Crippen LogP contribution in [0.3, 0.4) is 0 Å². The van der Waals surface area contributed by atoms with Crippen LogP contribution >= 0.6 is 0 Å². The minimum absolute atomic E-state index is 0. The molecule has 0 aliphatic heterocycles. The number of rotatable bonds is 0. The number of halogens is 2. The van der Waals surface area contributed by atoms with E-state index in [-0.39, 0.29) is 63.5 Å². The predicted octanol–water partition coefficient (Wildman–Crippen LogP) is -2.43. The average Bonchev–Trinajstić information content (AvgIpc) is 1.95. The van der Waals surface area contributed by atoms with Gasteiger partial charge in [-0.3, -0.25) is 6.08 Å². The van der Waals surface area contributed by atoms with Gasteiger partial charge in [0.2, 0.25) is 0 Å². The Bertz CT molecular complexity index is 227. The van der Waals surface area contributed by atoms with E-state index in [9.17, 15) is 0 Å². The zero-order chi connectivity index (χ0) is 7.94. The molecule has 0 aromatic rings. The van der Waals surface area contributed by atoms with Crippen LogP contribution in [0, 0.1) is 18.9 Å². The van der Waals surface area contributed by atoms with Crippen molar-refractivity contribution in [1.82, 2.24) is 0 Å². The SMILES string of the molecule is CC1=[C-]C(C)(C)C(C)=C1C.[CH3-].[Cl-].[Cl-].[Hf+4]. The summed E-state index contributed by atoms with van der Waals surface area (Å²) in [6.07, 6.45) is 3.44. The first-order valence-corrected chi connectivity index (χ1v) is 3.75. The molecule has 0 saturated heterocycles. The van der Waals surface area contributed by atoms with Gasteiger partial charge < -0.3 is 32.2 Å². The van der Waals surface area contributed by atoms with Crippen LogP contribution in [0.4, 0.5) is 0 Å². The maximum absolute atomic E-state index is 3.44. The van der Waals surface area contributed by atoms with Crippen molar-refractivity contribution in [2.75, 3.05) is 0 Å². The Labute approximate surface area is 120 Å². The summed E-state index contributed by atoms with van der Waals surface area (Å²) in [5.74, 6) is 0. The van der Waals surface area contributed by atoms with E-state index >= 15 is 0 Å². The van der Waals surface area contributed by atoms with Crippen LogP contribution in [0.25, 0.3) is 0 Å². The van der Waals surface area contributed by atoms with Crippen molar-refractivity contribution < 1.29 is 50.7 Å². The fraction of sp³-hybridized carbons (Fsp3) is 0.545. The van der Waals surface area contributed by atoms with Crippen LogP contribution in [0.15, 0.2) is 16.7 Å². The Balaban J connectivity index is -0.000000125. The molecule has 0 saturated carbocycles. The van der Waals surface area contributed by atoms with Crippen LogP contribution in [0.5, 0.6) is 0 Å². The second-order valence-electron chi connectivity index (χ2n) is 3.62. The molecule has 0 atom stereocenters. The Hall–Kier alpha value is 0.930. The molecule has 80 valence electrons. The molecule has 0 radical (unpaired) electrons. The van der Waals surface area contributed by atoms with E-state index in [2.05, 4.69) is 40.7 Å². The van der Waals surface area contributed by atoms with Gasteiger partial charge in [-0.25, -0.2) is 5.57 Å². The van der Waals surface area contributed by atoms with Gasteiger partial charge in [-0.05, 0) is 0 Å². The van der Waals surface area contributed by atoms with Gasteiger partial charge in [-0.15, -0.1) is 6.92 Å². The zero-order valence-corrected chi connectivity index (χ0v) is 14.9. The summed E-state index contributed by atoms with van der Waals surface area (Å²) in [6, 6.07) is 0. The third-order valence-electron chi connectivity index (χ3n) is 2.56. The van der Waals surface area contributed by atoms with Gasteiger partial charge in [0.25, 0.3) is 0 Å². The van der Waals surface area contributed by atoms with E-state index in [1.54, 1.807) is 0 Å². The van der Waals surface area contributed by atoms with Gasteiger partial charge in [-0.1, -0.05) is 33.1 Å². The molecule has 14 heavy (non-hydrogen) atoms. The summed E-state index contributed by atoms with van der Waals surface area (Å²) in [6.45, 7) is 10.9. The molecule has 0 N–H and O–H groups in total. The van der Waals surface area contributed by atoms with E-state index in [4.69, 9.17) is 0 Å². The van der Waals surface area contributed by atoms with Gasteiger partial charge in [0.1, 0.15) is 0 Å². The molecular formula is C11H18Cl2Hf. The fourth-order valence-electron chi connectivity index (χ4n) is 1.41. The van der Waals surface area contributed by atoms with Crippen LogP contribution in [0.2, 0.25) is 0 Å². The van der Waals surface area contributed by atoms with E-state index in [0.29, 0.717) is 0 Å². The molecule has 1 aliphatic carbocycles. The standard InChI is InChI=1S/C10H15.CH3.2ClH.Hf/c1-7-6-10(4,5)9(3)8(7)2;;;;/h1-5H3;1H3;2*1H;/q2*-1;;;+4/p-2. The van der Waals surface area contributed by atoms with Gasteiger partial charge in [0.15, 0.2) is 0 Å². The van der Waals surface area contributed by atoms with E-state index in [0.717, 1.165) is 0 Å². The molecular weight excluding hydrogens is 382 g/mol. The zero-order valence-electron chi connectivity index (χ0n) is 9.76. The molecule has 1 aliphatic rings. The second kappa shape index (κ2) is 8.13. The second-order valence-corrected chi connectivity index (χ2v) is 3.62. The number of hydrogen-bond acceptors (Lipinski definition) is 0. The normalized spacial score (nSPS) is 16.8. The molecule has 0 spiro atoms. The molecule has 0 amide bonds. The summed E-state index contributed by atoms with van der Waals surface area (Å²) in [5.41, 5.74) is 4.39. The molecule has 0 aromatic heterocycles. The summed E-state index contributed by atoms with van der Waals surface area (Å²) in [5, 5.41) is 0. The van der Waals surface area contributed by atoms with Crippen molar-refractivity contribution in [3.8, 4) is 0 Å². The quantitative estimate of drug-likeness (QED) is 0.314. The molecule has 0 aromatic carbocycles. The maximum atomic E-state index is 3.44. The maximum Gasteiger partial charge on any atom is 4.00 e. The predicted molar refractivity (Wildman–Crippen MR) is 51.0 cm³/mol. The van der Waals surface area contributed by atoms with Crippen LogP contribution in [-0.4, -0.2) is 0 Å². The first-order chi connectivity index (χ1) is 4.45. The van der Waals surface area contributed by atoms with E-state index in [1.807, 2.05) is 0 Å². The van der Waals surface area contributed by atoms with Crippen molar-refractivity contribution in [2.24, 2.45) is 5.41 Å². The van der Waals surface area contributed by atoms with Crippen molar-refractivity contribution >= 4 is 0 Å². The van der Waals surface area contributed by atoms with Crippen LogP contribution < -0.4 is 24.8 Å². The van der Waals surface area contributed by atoms with Crippen LogP contribution in [0.1, 0.15) is 34.6 Å². The van der Waals surface area contributed by atoms with Crippen molar-refractivity contribution in [3.63, 3.8) is 0 Å². The number of hydrogen-bond donors (Lipinski definition) is 0. The first kappa shape index (κ1) is 24.3. The third-order valence-corrected chi connectivity index (χ3v) is 2.56. The minimum atomic E-state index is 0. The summed E-state index contributed by atoms with van der Waals surface area (Å²) < 4.78 is 0.